The highest BCUT2D eigenvalue weighted by Crippen LogP contribution is 2.04. The smallest absolute Gasteiger partial charge is 0.416 e. The van der Waals surface area contributed by atoms with Crippen molar-refractivity contribution in [2.45, 2.75) is 6.92 Å². The number of ether oxygens (including phenoxy) is 2. The summed E-state index contributed by atoms with van der Waals surface area (Å²) in [5, 5.41) is 0. The molecule has 1 rings (SSSR count). The second-order valence-corrected chi connectivity index (χ2v) is 3.02. The van der Waals surface area contributed by atoms with E-state index in [1.807, 2.05) is 0 Å². The molecule has 0 saturated carbocycles. The highest BCUT2D eigenvalue weighted by atomic mass is 16.6. The summed E-state index contributed by atoms with van der Waals surface area (Å²) in [6.07, 6.45) is -0.702. The summed E-state index contributed by atoms with van der Waals surface area (Å²) >= 11 is 0. The van der Waals surface area contributed by atoms with E-state index in [0.29, 0.717) is 0 Å². The van der Waals surface area contributed by atoms with Crippen LogP contribution in [0, 0.1) is 0 Å². The molecule has 1 fully saturated rings. The number of nitrogens with zero attached hydrogens (tertiary/aromatic N) is 1. The molecule has 15 heavy (non-hydrogen) atoms. The molecule has 1 aliphatic rings. The molecular weight excluding hydrogens is 202 g/mol. The largest absolute Gasteiger partial charge is 0.452 e. The van der Waals surface area contributed by atoms with Crippen LogP contribution in [0.5, 0.6) is 0 Å². The quantitative estimate of drug-likeness (QED) is 0.490. The fourth-order valence-corrected chi connectivity index (χ4v) is 0.948. The van der Waals surface area contributed by atoms with Gasteiger partial charge in [0.2, 0.25) is 0 Å². The van der Waals surface area contributed by atoms with E-state index in [0.717, 1.165) is 4.90 Å². The molecule has 0 atom stereocenters. The minimum absolute atomic E-state index is 0.180. The monoisotopic (exact) mass is 213 g/mol. The Labute approximate surface area is 86.4 Å². The molecule has 0 aromatic rings. The van der Waals surface area contributed by atoms with Gasteiger partial charge in [-0.2, -0.15) is 0 Å². The average Bonchev–Trinajstić information content (AvgIpc) is 2.60. The van der Waals surface area contributed by atoms with Gasteiger partial charge in [-0.25, -0.2) is 14.5 Å². The molecule has 0 bridgehead atoms. The third kappa shape index (κ3) is 2.80. The first-order valence-electron chi connectivity index (χ1n) is 4.32. The Kier molecular flexibility index (Phi) is 3.43. The molecule has 82 valence electrons. The van der Waals surface area contributed by atoms with E-state index in [9.17, 15) is 14.4 Å². The van der Waals surface area contributed by atoms with Crippen LogP contribution in [0.25, 0.3) is 0 Å². The van der Waals surface area contributed by atoms with E-state index in [2.05, 4.69) is 16.1 Å². The van der Waals surface area contributed by atoms with Gasteiger partial charge in [0, 0.05) is 5.57 Å². The fraction of sp³-hybridized carbons (Fsp3) is 0.444. The zero-order valence-corrected chi connectivity index (χ0v) is 8.32. The van der Waals surface area contributed by atoms with Crippen molar-refractivity contribution in [3.63, 3.8) is 0 Å². The molecule has 2 amide bonds. The standard InChI is InChI=1S/C9H11NO5/c1-6(2)8(12)15-5-7(11)10-3-4-14-9(10)13/h1,3-5H2,2H3. The normalized spacial score (nSPS) is 14.7. The van der Waals surface area contributed by atoms with Crippen molar-refractivity contribution in [1.82, 2.24) is 4.90 Å². The maximum absolute atomic E-state index is 11.3. The van der Waals surface area contributed by atoms with Gasteiger partial charge in [0.05, 0.1) is 6.54 Å². The molecule has 6 heteroatoms. The van der Waals surface area contributed by atoms with Crippen LogP contribution in [0.4, 0.5) is 4.79 Å². The van der Waals surface area contributed by atoms with Crippen molar-refractivity contribution in [1.29, 1.82) is 0 Å². The SMILES string of the molecule is C=C(C)C(=O)OCC(=O)N1CCOC1=O. The topological polar surface area (TPSA) is 72.9 Å². The zero-order chi connectivity index (χ0) is 11.4. The van der Waals surface area contributed by atoms with Gasteiger partial charge in [-0.05, 0) is 6.92 Å². The number of carbonyl (C=O) groups excluding carboxylic acids is 3. The highest BCUT2D eigenvalue weighted by Gasteiger charge is 2.28. The van der Waals surface area contributed by atoms with Crippen molar-refractivity contribution in [3.8, 4) is 0 Å². The van der Waals surface area contributed by atoms with Crippen molar-refractivity contribution in [2.24, 2.45) is 0 Å². The van der Waals surface area contributed by atoms with Gasteiger partial charge in [0.15, 0.2) is 6.61 Å². The summed E-state index contributed by atoms with van der Waals surface area (Å²) in [5.41, 5.74) is 0.201. The molecular formula is C9H11NO5. The van der Waals surface area contributed by atoms with Crippen molar-refractivity contribution in [3.05, 3.63) is 12.2 Å². The van der Waals surface area contributed by atoms with E-state index in [1.54, 1.807) is 0 Å². The highest BCUT2D eigenvalue weighted by molar-refractivity contribution is 5.95. The number of rotatable bonds is 3. The Morgan fingerprint density at radius 3 is 2.73 bits per heavy atom. The lowest BCUT2D eigenvalue weighted by atomic mass is 10.4. The summed E-state index contributed by atoms with van der Waals surface area (Å²) in [5.74, 6) is -1.25. The molecule has 1 aliphatic heterocycles. The summed E-state index contributed by atoms with van der Waals surface area (Å²) in [7, 11) is 0. The number of hydrogen-bond acceptors (Lipinski definition) is 5. The van der Waals surface area contributed by atoms with Crippen LogP contribution in [0.2, 0.25) is 0 Å². The van der Waals surface area contributed by atoms with Crippen LogP contribution in [-0.4, -0.2) is 42.6 Å². The van der Waals surface area contributed by atoms with E-state index in [-0.39, 0.29) is 18.7 Å². The summed E-state index contributed by atoms with van der Waals surface area (Å²) in [6.45, 7) is 4.73. The number of imide groups is 1. The second kappa shape index (κ2) is 4.59. The van der Waals surface area contributed by atoms with Crippen LogP contribution in [0.1, 0.15) is 6.92 Å². The molecule has 0 aromatic heterocycles. The fourth-order valence-electron chi connectivity index (χ4n) is 0.948. The van der Waals surface area contributed by atoms with Crippen molar-refractivity contribution >= 4 is 18.0 Å². The van der Waals surface area contributed by atoms with Gasteiger partial charge in [0.25, 0.3) is 5.91 Å². The molecule has 0 N–H and O–H groups in total. The van der Waals surface area contributed by atoms with E-state index < -0.39 is 24.6 Å². The summed E-state index contributed by atoms with van der Waals surface area (Å²) < 4.78 is 9.14. The van der Waals surface area contributed by atoms with Gasteiger partial charge >= 0.3 is 12.1 Å². The molecule has 1 saturated heterocycles. The molecule has 0 spiro atoms. The van der Waals surface area contributed by atoms with Crippen LogP contribution >= 0.6 is 0 Å². The average molecular weight is 213 g/mol. The second-order valence-electron chi connectivity index (χ2n) is 3.02. The van der Waals surface area contributed by atoms with Crippen LogP contribution < -0.4 is 0 Å². The third-order valence-corrected chi connectivity index (χ3v) is 1.74. The van der Waals surface area contributed by atoms with Gasteiger partial charge in [-0.3, -0.25) is 4.79 Å². The molecule has 0 unspecified atom stereocenters. The minimum atomic E-state index is -0.702. The Balaban J connectivity index is 2.39. The minimum Gasteiger partial charge on any atom is -0.452 e. The molecule has 0 aromatic carbocycles. The van der Waals surface area contributed by atoms with E-state index in [1.165, 1.54) is 6.92 Å². The maximum Gasteiger partial charge on any atom is 0.416 e. The first-order chi connectivity index (χ1) is 7.02. The number of cyclic esters (lactones) is 1. The Bertz CT molecular complexity index is 322. The lowest BCUT2D eigenvalue weighted by molar-refractivity contribution is -0.147. The predicted molar refractivity (Wildman–Crippen MR) is 48.8 cm³/mol. The zero-order valence-electron chi connectivity index (χ0n) is 8.32. The van der Waals surface area contributed by atoms with Crippen molar-refractivity contribution in [2.75, 3.05) is 19.8 Å². The molecule has 6 nitrogen and oxygen atoms in total. The first-order valence-corrected chi connectivity index (χ1v) is 4.32. The Hall–Kier alpha value is -1.85. The van der Waals surface area contributed by atoms with Gasteiger partial charge in [-0.15, -0.1) is 0 Å². The Morgan fingerprint density at radius 2 is 2.27 bits per heavy atom. The number of carbonyl (C=O) groups is 3. The summed E-state index contributed by atoms with van der Waals surface area (Å²) in [4.78, 5) is 34.0. The Morgan fingerprint density at radius 1 is 1.60 bits per heavy atom. The van der Waals surface area contributed by atoms with Crippen LogP contribution in [-0.2, 0) is 19.1 Å². The number of esters is 1. The molecule has 1 heterocycles. The van der Waals surface area contributed by atoms with Gasteiger partial charge in [-0.1, -0.05) is 6.58 Å². The molecule has 0 radical (unpaired) electrons. The lowest BCUT2D eigenvalue weighted by Gasteiger charge is -2.10. The van der Waals surface area contributed by atoms with E-state index in [4.69, 9.17) is 0 Å². The first kappa shape index (κ1) is 11.2. The maximum atomic E-state index is 11.3. The number of amides is 2. The molecule has 0 aliphatic carbocycles. The summed E-state index contributed by atoms with van der Waals surface area (Å²) in [6, 6.07) is 0. The third-order valence-electron chi connectivity index (χ3n) is 1.74. The number of hydrogen-bond donors (Lipinski definition) is 0. The van der Waals surface area contributed by atoms with Gasteiger partial charge in [0.1, 0.15) is 6.61 Å². The predicted octanol–water partition coefficient (Wildman–Crippen LogP) is 0.0845. The van der Waals surface area contributed by atoms with Crippen LogP contribution in [0.3, 0.4) is 0 Å². The van der Waals surface area contributed by atoms with Gasteiger partial charge < -0.3 is 9.47 Å². The van der Waals surface area contributed by atoms with Crippen molar-refractivity contribution < 1.29 is 23.9 Å². The van der Waals surface area contributed by atoms with Crippen LogP contribution in [0.15, 0.2) is 12.2 Å². The van der Waals surface area contributed by atoms with E-state index >= 15 is 0 Å². The lowest BCUT2D eigenvalue weighted by Crippen LogP contribution is -2.35.